The second-order valence-electron chi connectivity index (χ2n) is 5.51. The number of fused-ring (bicyclic) bond motifs is 1. The summed E-state index contributed by atoms with van der Waals surface area (Å²) in [5.74, 6) is 0.306. The minimum atomic E-state index is -0.352. The summed E-state index contributed by atoms with van der Waals surface area (Å²) < 4.78 is 7.06. The van der Waals surface area contributed by atoms with Gasteiger partial charge >= 0.3 is 5.97 Å². The van der Waals surface area contributed by atoms with Crippen LogP contribution in [0.4, 0.5) is 5.95 Å². The van der Waals surface area contributed by atoms with Gasteiger partial charge in [-0.1, -0.05) is 36.0 Å². The van der Waals surface area contributed by atoms with Crippen LogP contribution in [-0.2, 0) is 9.53 Å². The van der Waals surface area contributed by atoms with E-state index in [0.29, 0.717) is 23.3 Å². The van der Waals surface area contributed by atoms with Gasteiger partial charge in [0.15, 0.2) is 0 Å². The van der Waals surface area contributed by atoms with Crippen molar-refractivity contribution in [1.29, 1.82) is 0 Å². The van der Waals surface area contributed by atoms with E-state index in [4.69, 9.17) is 4.74 Å². The summed E-state index contributed by atoms with van der Waals surface area (Å²) in [6.45, 7) is 6.03. The van der Waals surface area contributed by atoms with Crippen LogP contribution in [0.5, 0.6) is 0 Å². The first-order valence-electron chi connectivity index (χ1n) is 7.77. The van der Waals surface area contributed by atoms with Gasteiger partial charge in [-0.15, -0.1) is 5.10 Å². The van der Waals surface area contributed by atoms with Crippen molar-refractivity contribution in [3.63, 3.8) is 0 Å². The van der Waals surface area contributed by atoms with Crippen LogP contribution in [-0.4, -0.2) is 33.6 Å². The number of allylic oxidation sites excluding steroid dienone is 1. The van der Waals surface area contributed by atoms with Gasteiger partial charge in [-0.3, -0.25) is 0 Å². The monoisotopic (exact) mass is 344 g/mol. The number of rotatable bonds is 4. The molecule has 0 aliphatic carbocycles. The molecule has 0 bridgehead atoms. The first-order valence-corrected chi connectivity index (χ1v) is 9.00. The summed E-state index contributed by atoms with van der Waals surface area (Å²) >= 11 is 1.47. The number of benzene rings is 1. The summed E-state index contributed by atoms with van der Waals surface area (Å²) in [6, 6.07) is 7.64. The molecule has 0 amide bonds. The van der Waals surface area contributed by atoms with Crippen molar-refractivity contribution < 1.29 is 9.53 Å². The molecule has 6 nitrogen and oxygen atoms in total. The molecule has 0 fully saturated rings. The van der Waals surface area contributed by atoms with Crippen LogP contribution in [0.1, 0.15) is 31.0 Å². The van der Waals surface area contributed by atoms with Crippen molar-refractivity contribution in [1.82, 2.24) is 14.8 Å². The Hall–Kier alpha value is -2.28. The van der Waals surface area contributed by atoms with Crippen molar-refractivity contribution in [2.24, 2.45) is 0 Å². The van der Waals surface area contributed by atoms with Crippen LogP contribution in [0.15, 0.2) is 40.7 Å². The lowest BCUT2D eigenvalue weighted by Gasteiger charge is -2.28. The molecule has 1 aromatic carbocycles. The molecule has 7 heteroatoms. The molecule has 3 rings (SSSR count). The van der Waals surface area contributed by atoms with Gasteiger partial charge < -0.3 is 10.1 Å². The van der Waals surface area contributed by atoms with Crippen molar-refractivity contribution in [3.05, 3.63) is 46.7 Å². The molecule has 0 saturated heterocycles. The highest BCUT2D eigenvalue weighted by Crippen LogP contribution is 2.37. The Morgan fingerprint density at radius 3 is 2.79 bits per heavy atom. The molecule has 1 aromatic heterocycles. The molecule has 2 aromatic rings. The zero-order valence-electron chi connectivity index (χ0n) is 14.2. The van der Waals surface area contributed by atoms with Gasteiger partial charge in [-0.25, -0.2) is 9.48 Å². The largest absolute Gasteiger partial charge is 0.463 e. The normalized spacial score (nSPS) is 16.6. The fourth-order valence-electron chi connectivity index (χ4n) is 2.87. The number of carbonyl (C=O) groups is 1. The third-order valence-electron chi connectivity index (χ3n) is 3.99. The second-order valence-corrected chi connectivity index (χ2v) is 6.28. The third kappa shape index (κ3) is 2.80. The highest BCUT2D eigenvalue weighted by atomic mass is 32.2. The van der Waals surface area contributed by atoms with Gasteiger partial charge in [-0.05, 0) is 38.2 Å². The van der Waals surface area contributed by atoms with E-state index in [1.54, 1.807) is 11.6 Å². The summed E-state index contributed by atoms with van der Waals surface area (Å²) in [4.78, 5) is 17.1. The standard InChI is InChI=1S/C17H20N4O2S/c1-5-23-15(22)13-11(3)18-16-19-17(24-4)20-21(16)14(13)12-9-7-6-8-10(12)2/h6-9,14H,5H2,1-4H3,(H,18,19,20)/t14-/m0/s1. The van der Waals surface area contributed by atoms with E-state index in [2.05, 4.69) is 15.4 Å². The number of hydrogen-bond acceptors (Lipinski definition) is 6. The van der Waals surface area contributed by atoms with Crippen LogP contribution >= 0.6 is 11.8 Å². The van der Waals surface area contributed by atoms with Crippen molar-refractivity contribution in [2.75, 3.05) is 18.2 Å². The van der Waals surface area contributed by atoms with E-state index >= 15 is 0 Å². The second kappa shape index (κ2) is 6.68. The Morgan fingerprint density at radius 1 is 1.38 bits per heavy atom. The molecule has 24 heavy (non-hydrogen) atoms. The molecular weight excluding hydrogens is 324 g/mol. The van der Waals surface area contributed by atoms with Crippen molar-refractivity contribution in [3.8, 4) is 0 Å². The number of aromatic nitrogens is 3. The Kier molecular flexibility index (Phi) is 4.62. The molecule has 1 atom stereocenters. The van der Waals surface area contributed by atoms with E-state index in [-0.39, 0.29) is 12.0 Å². The highest BCUT2D eigenvalue weighted by Gasteiger charge is 2.35. The molecule has 1 N–H and O–H groups in total. The summed E-state index contributed by atoms with van der Waals surface area (Å²) in [7, 11) is 0. The maximum Gasteiger partial charge on any atom is 0.338 e. The van der Waals surface area contributed by atoms with Crippen LogP contribution in [0.2, 0.25) is 0 Å². The van der Waals surface area contributed by atoms with Gasteiger partial charge in [0.2, 0.25) is 11.1 Å². The third-order valence-corrected chi connectivity index (χ3v) is 4.53. The fourth-order valence-corrected chi connectivity index (χ4v) is 3.22. The van der Waals surface area contributed by atoms with Crippen LogP contribution < -0.4 is 5.32 Å². The van der Waals surface area contributed by atoms with E-state index in [9.17, 15) is 4.79 Å². The first kappa shape index (κ1) is 16.6. The fraction of sp³-hybridized carbons (Fsp3) is 0.353. The smallest absolute Gasteiger partial charge is 0.338 e. The number of nitrogens with zero attached hydrogens (tertiary/aromatic N) is 3. The Morgan fingerprint density at radius 2 is 2.12 bits per heavy atom. The molecule has 0 saturated carbocycles. The summed E-state index contributed by atoms with van der Waals surface area (Å²) in [5.41, 5.74) is 3.41. The zero-order valence-corrected chi connectivity index (χ0v) is 15.0. The number of hydrogen-bond donors (Lipinski definition) is 1. The average molecular weight is 344 g/mol. The average Bonchev–Trinajstić information content (AvgIpc) is 2.97. The lowest BCUT2D eigenvalue weighted by Crippen LogP contribution is -2.30. The lowest BCUT2D eigenvalue weighted by atomic mass is 9.93. The molecule has 2 heterocycles. The number of carbonyl (C=O) groups excluding carboxylic acids is 1. The van der Waals surface area contributed by atoms with E-state index < -0.39 is 0 Å². The molecule has 126 valence electrons. The van der Waals surface area contributed by atoms with Crippen LogP contribution in [0, 0.1) is 6.92 Å². The number of aryl methyl sites for hydroxylation is 1. The highest BCUT2D eigenvalue weighted by molar-refractivity contribution is 7.98. The SMILES string of the molecule is CCOC(=O)C1=C(C)Nc2nc(SC)nn2[C@H]1c1ccccc1C. The van der Waals surface area contributed by atoms with Gasteiger partial charge in [0.1, 0.15) is 6.04 Å². The molecule has 0 unspecified atom stereocenters. The molecule has 0 spiro atoms. The Labute approximate surface area is 145 Å². The Balaban J connectivity index is 2.20. The van der Waals surface area contributed by atoms with E-state index in [1.165, 1.54) is 11.8 Å². The topological polar surface area (TPSA) is 69.0 Å². The van der Waals surface area contributed by atoms with Gasteiger partial charge in [-0.2, -0.15) is 4.98 Å². The first-order chi connectivity index (χ1) is 11.6. The number of anilines is 1. The van der Waals surface area contributed by atoms with Gasteiger partial charge in [0.05, 0.1) is 12.2 Å². The quantitative estimate of drug-likeness (QED) is 0.679. The van der Waals surface area contributed by atoms with Gasteiger partial charge in [0, 0.05) is 5.70 Å². The molecule has 0 radical (unpaired) electrons. The minimum Gasteiger partial charge on any atom is -0.463 e. The predicted octanol–water partition coefficient (Wildman–Crippen LogP) is 3.16. The van der Waals surface area contributed by atoms with E-state index in [0.717, 1.165) is 16.8 Å². The predicted molar refractivity (Wildman–Crippen MR) is 94.1 cm³/mol. The Bertz CT molecular complexity index is 813. The minimum absolute atomic E-state index is 0.330. The summed E-state index contributed by atoms with van der Waals surface area (Å²) in [5, 5.41) is 8.40. The zero-order chi connectivity index (χ0) is 17.3. The molecular formula is C17H20N4O2S. The molecule has 1 aliphatic rings. The number of esters is 1. The van der Waals surface area contributed by atoms with Crippen LogP contribution in [0.3, 0.4) is 0 Å². The lowest BCUT2D eigenvalue weighted by molar-refractivity contribution is -0.139. The van der Waals surface area contributed by atoms with Gasteiger partial charge in [0.25, 0.3) is 0 Å². The molecule has 1 aliphatic heterocycles. The number of nitrogens with one attached hydrogen (secondary N) is 1. The van der Waals surface area contributed by atoms with Crippen molar-refractivity contribution >= 4 is 23.7 Å². The summed E-state index contributed by atoms with van der Waals surface area (Å²) in [6.07, 6.45) is 1.93. The maximum absolute atomic E-state index is 12.6. The van der Waals surface area contributed by atoms with E-state index in [1.807, 2.05) is 44.4 Å². The number of thioether (sulfide) groups is 1. The van der Waals surface area contributed by atoms with Crippen molar-refractivity contribution in [2.45, 2.75) is 32.0 Å². The van der Waals surface area contributed by atoms with Crippen LogP contribution in [0.25, 0.3) is 0 Å². The maximum atomic E-state index is 12.6. The number of ether oxygens (including phenoxy) is 1.